The van der Waals surface area contributed by atoms with Crippen molar-refractivity contribution in [3.8, 4) is 0 Å². The van der Waals surface area contributed by atoms with Gasteiger partial charge in [-0.1, -0.05) is 26.0 Å². The second-order valence-electron chi connectivity index (χ2n) is 5.84. The minimum atomic E-state index is -0.536. The van der Waals surface area contributed by atoms with Crippen molar-refractivity contribution in [3.63, 3.8) is 0 Å². The Morgan fingerprint density at radius 3 is 2.35 bits per heavy atom. The number of nitrogens with one attached hydrogen (secondary N) is 3. The summed E-state index contributed by atoms with van der Waals surface area (Å²) in [5, 5.41) is 2.81. The van der Waals surface area contributed by atoms with Gasteiger partial charge in [0.25, 0.3) is 5.56 Å². The first kappa shape index (κ1) is 16.7. The largest absolute Gasteiger partial charge is 0.326 e. The molecule has 0 spiro atoms. The fourth-order valence-electron chi connectivity index (χ4n) is 2.34. The van der Waals surface area contributed by atoms with Crippen molar-refractivity contribution in [2.24, 2.45) is 0 Å². The molecule has 0 bridgehead atoms. The van der Waals surface area contributed by atoms with Crippen molar-refractivity contribution in [1.82, 2.24) is 9.97 Å². The highest BCUT2D eigenvalue weighted by molar-refractivity contribution is 5.90. The van der Waals surface area contributed by atoms with E-state index in [1.165, 1.54) is 5.56 Å². The van der Waals surface area contributed by atoms with Gasteiger partial charge in [-0.3, -0.25) is 14.6 Å². The number of benzene rings is 1. The summed E-state index contributed by atoms with van der Waals surface area (Å²) in [5.41, 5.74) is 1.87. The van der Waals surface area contributed by atoms with Gasteiger partial charge in [-0.15, -0.1) is 0 Å². The van der Waals surface area contributed by atoms with Gasteiger partial charge < -0.3 is 10.3 Å². The summed E-state index contributed by atoms with van der Waals surface area (Å²) < 4.78 is 0. The average molecular weight is 315 g/mol. The minimum absolute atomic E-state index is 0.169. The van der Waals surface area contributed by atoms with Crippen molar-refractivity contribution in [2.45, 2.75) is 39.5 Å². The van der Waals surface area contributed by atoms with Gasteiger partial charge in [-0.2, -0.15) is 0 Å². The van der Waals surface area contributed by atoms with Crippen LogP contribution < -0.4 is 16.6 Å². The van der Waals surface area contributed by atoms with Crippen LogP contribution in [0.1, 0.15) is 43.0 Å². The second-order valence-corrected chi connectivity index (χ2v) is 5.84. The van der Waals surface area contributed by atoms with Crippen molar-refractivity contribution in [2.75, 3.05) is 5.32 Å². The number of rotatable bonds is 5. The molecule has 0 saturated heterocycles. The van der Waals surface area contributed by atoms with E-state index in [9.17, 15) is 14.4 Å². The molecule has 0 aliphatic heterocycles. The average Bonchev–Trinajstić information content (AvgIpc) is 2.46. The number of aromatic amines is 2. The first-order valence-electron chi connectivity index (χ1n) is 7.58. The Labute approximate surface area is 134 Å². The molecule has 0 atom stereocenters. The van der Waals surface area contributed by atoms with Crippen LogP contribution in [0.15, 0.2) is 33.9 Å². The van der Waals surface area contributed by atoms with Crippen molar-refractivity contribution >= 4 is 11.6 Å². The number of H-pyrrole nitrogens is 2. The van der Waals surface area contributed by atoms with Crippen LogP contribution in [-0.2, 0) is 11.2 Å². The van der Waals surface area contributed by atoms with Crippen LogP contribution in [0.4, 0.5) is 5.69 Å². The molecule has 0 fully saturated rings. The van der Waals surface area contributed by atoms with Crippen LogP contribution in [0.25, 0.3) is 0 Å². The van der Waals surface area contributed by atoms with Crippen molar-refractivity contribution in [1.29, 1.82) is 0 Å². The first-order chi connectivity index (χ1) is 10.9. The zero-order valence-electron chi connectivity index (χ0n) is 13.5. The molecule has 6 nitrogen and oxygen atoms in total. The lowest BCUT2D eigenvalue weighted by Crippen LogP contribution is -2.27. The Hall–Kier alpha value is -2.63. The summed E-state index contributed by atoms with van der Waals surface area (Å²) in [7, 11) is 0. The smallest absolute Gasteiger partial charge is 0.325 e. The first-order valence-corrected chi connectivity index (χ1v) is 7.58. The molecule has 0 aliphatic carbocycles. The second kappa shape index (κ2) is 7.09. The molecule has 0 unspecified atom stereocenters. The lowest BCUT2D eigenvalue weighted by atomic mass is 10.0. The predicted molar refractivity (Wildman–Crippen MR) is 89.9 cm³/mol. The molecule has 0 radical (unpaired) electrons. The maximum absolute atomic E-state index is 12.0. The molecule has 1 aromatic carbocycles. The highest BCUT2D eigenvalue weighted by Gasteiger charge is 2.09. The quantitative estimate of drug-likeness (QED) is 0.788. The van der Waals surface area contributed by atoms with E-state index >= 15 is 0 Å². The van der Waals surface area contributed by atoms with E-state index in [1.54, 1.807) is 6.92 Å². The number of carbonyl (C=O) groups is 1. The maximum atomic E-state index is 12.0. The predicted octanol–water partition coefficient (Wildman–Crippen LogP) is 2.07. The van der Waals surface area contributed by atoms with E-state index in [1.807, 2.05) is 24.3 Å². The SMILES string of the molecule is Cc1[nH]c(=O)[nH]c(=O)c1CCC(=O)Nc1ccc(C(C)C)cc1. The van der Waals surface area contributed by atoms with Crippen LogP contribution >= 0.6 is 0 Å². The molecule has 1 aromatic heterocycles. The Morgan fingerprint density at radius 2 is 1.78 bits per heavy atom. The van der Waals surface area contributed by atoms with Gasteiger partial charge in [-0.05, 0) is 37.0 Å². The third-order valence-electron chi connectivity index (χ3n) is 3.72. The molecule has 1 amide bonds. The van der Waals surface area contributed by atoms with Crippen LogP contribution in [0, 0.1) is 6.92 Å². The van der Waals surface area contributed by atoms with E-state index in [0.29, 0.717) is 17.2 Å². The Bertz CT molecular complexity index is 801. The summed E-state index contributed by atoms with van der Waals surface area (Å²) in [6.07, 6.45) is 0.440. The normalized spacial score (nSPS) is 10.8. The van der Waals surface area contributed by atoms with Crippen molar-refractivity contribution < 1.29 is 4.79 Å². The number of aryl methyl sites for hydroxylation is 1. The monoisotopic (exact) mass is 315 g/mol. The third-order valence-corrected chi connectivity index (χ3v) is 3.72. The van der Waals surface area contributed by atoms with Gasteiger partial charge in [0.2, 0.25) is 5.91 Å². The molecule has 0 saturated carbocycles. The van der Waals surface area contributed by atoms with Crippen LogP contribution in [0.5, 0.6) is 0 Å². The van der Waals surface area contributed by atoms with E-state index in [4.69, 9.17) is 0 Å². The number of hydrogen-bond acceptors (Lipinski definition) is 3. The number of aromatic nitrogens is 2. The number of carbonyl (C=O) groups excluding carboxylic acids is 1. The molecule has 2 aromatic rings. The lowest BCUT2D eigenvalue weighted by Gasteiger charge is -2.09. The number of anilines is 1. The summed E-state index contributed by atoms with van der Waals surface area (Å²) in [6.45, 7) is 5.86. The van der Waals surface area contributed by atoms with Crippen LogP contribution in [0.2, 0.25) is 0 Å². The Kier molecular flexibility index (Phi) is 5.16. The lowest BCUT2D eigenvalue weighted by molar-refractivity contribution is -0.116. The van der Waals surface area contributed by atoms with Gasteiger partial charge in [0.1, 0.15) is 0 Å². The molecule has 23 heavy (non-hydrogen) atoms. The zero-order valence-corrected chi connectivity index (χ0v) is 13.5. The van der Waals surface area contributed by atoms with Crippen molar-refractivity contribution in [3.05, 3.63) is 61.9 Å². The van der Waals surface area contributed by atoms with E-state index in [0.717, 1.165) is 5.69 Å². The number of amides is 1. The fourth-order valence-corrected chi connectivity index (χ4v) is 2.34. The van der Waals surface area contributed by atoms with E-state index in [2.05, 4.69) is 29.1 Å². The topological polar surface area (TPSA) is 94.8 Å². The molecule has 6 heteroatoms. The molecular formula is C17H21N3O3. The fraction of sp³-hybridized carbons (Fsp3) is 0.353. The molecule has 2 rings (SSSR count). The molecule has 1 heterocycles. The summed E-state index contributed by atoms with van der Waals surface area (Å²) in [4.78, 5) is 39.6. The molecule has 122 valence electrons. The van der Waals surface area contributed by atoms with Gasteiger partial charge in [-0.25, -0.2) is 4.79 Å². The van der Waals surface area contributed by atoms with E-state index < -0.39 is 11.2 Å². The molecular weight excluding hydrogens is 294 g/mol. The van der Waals surface area contributed by atoms with Gasteiger partial charge in [0.15, 0.2) is 0 Å². The third kappa shape index (κ3) is 4.42. The standard InChI is InChI=1S/C17H21N3O3/c1-10(2)12-4-6-13(7-5-12)19-15(21)9-8-14-11(3)18-17(23)20-16(14)22/h4-7,10H,8-9H2,1-3H3,(H,19,21)(H2,18,20,22,23). The zero-order chi connectivity index (χ0) is 17.0. The minimum Gasteiger partial charge on any atom is -0.326 e. The van der Waals surface area contributed by atoms with Gasteiger partial charge in [0.05, 0.1) is 0 Å². The number of hydrogen-bond donors (Lipinski definition) is 3. The highest BCUT2D eigenvalue weighted by atomic mass is 16.2. The summed E-state index contributed by atoms with van der Waals surface area (Å²) in [6, 6.07) is 7.70. The Balaban J connectivity index is 1.98. The van der Waals surface area contributed by atoms with Gasteiger partial charge in [0, 0.05) is 23.4 Å². The Morgan fingerprint density at radius 1 is 1.13 bits per heavy atom. The maximum Gasteiger partial charge on any atom is 0.325 e. The molecule has 0 aliphatic rings. The van der Waals surface area contributed by atoms with E-state index in [-0.39, 0.29) is 18.7 Å². The van der Waals surface area contributed by atoms with Gasteiger partial charge >= 0.3 is 5.69 Å². The van der Waals surface area contributed by atoms with Crippen LogP contribution in [0.3, 0.4) is 0 Å². The highest BCUT2D eigenvalue weighted by Crippen LogP contribution is 2.17. The summed E-state index contributed by atoms with van der Waals surface area (Å²) in [5.74, 6) is 0.266. The van der Waals surface area contributed by atoms with Crippen LogP contribution in [-0.4, -0.2) is 15.9 Å². The molecule has 3 N–H and O–H groups in total. The summed E-state index contributed by atoms with van der Waals surface area (Å²) >= 11 is 0.